The van der Waals surface area contributed by atoms with Crippen LogP contribution >= 0.6 is 16.4 Å². The first-order chi connectivity index (χ1) is 42.3. The third-order valence-corrected chi connectivity index (χ3v) is 18.7. The summed E-state index contributed by atoms with van der Waals surface area (Å²) in [5, 5.41) is 20.9. The highest BCUT2D eigenvalue weighted by Crippen LogP contribution is 2.45. The molecule has 0 atom stereocenters. The van der Waals surface area contributed by atoms with Crippen LogP contribution in [0.1, 0.15) is 218 Å². The monoisotopic (exact) mass is 1350 g/mol. The van der Waals surface area contributed by atoms with Crippen molar-refractivity contribution in [2.75, 3.05) is 13.2 Å². The summed E-state index contributed by atoms with van der Waals surface area (Å²) in [7, 11) is -14.5. The van der Waals surface area contributed by atoms with Gasteiger partial charge in [-0.25, -0.2) is 34.6 Å². The van der Waals surface area contributed by atoms with Crippen LogP contribution in [0, 0.1) is 0 Å². The summed E-state index contributed by atoms with van der Waals surface area (Å²) in [4.78, 5) is 9.35. The van der Waals surface area contributed by atoms with Crippen LogP contribution in [0.5, 0.6) is 0 Å². The lowest BCUT2D eigenvalue weighted by molar-refractivity contribution is -0.580. The fourth-order valence-corrected chi connectivity index (χ4v) is 13.3. The summed E-state index contributed by atoms with van der Waals surface area (Å²) in [6.07, 6.45) is 7.87. The first-order valence-corrected chi connectivity index (χ1v) is 35.1. The SMILES string of the molecule is CC(C)c1cc(C(C)C)n(P(c2cccc[n+]2-c2ccccn2)n2nc(C(C)C)cc2C(C)C)n1.CC(C)c1cc(C(C)C)n(P(c2cccc[n+]2-c2ccccn2)n2nc(C(C)C)cc2C(C)C)n1.CCOCC.O=S(=O)([O-])C(F)(F)F.O=S(=O)([O-])C(F)(F)F. The third kappa shape index (κ3) is 20.8. The molecule has 0 aliphatic carbocycles. The molecule has 91 heavy (non-hydrogen) atoms. The van der Waals surface area contributed by atoms with Crippen LogP contribution < -0.4 is 20.0 Å². The van der Waals surface area contributed by atoms with Crippen LogP contribution in [0.3, 0.4) is 0 Å². The molecule has 19 nitrogen and oxygen atoms in total. The van der Waals surface area contributed by atoms with E-state index in [0.717, 1.165) is 58.5 Å². The largest absolute Gasteiger partial charge is 0.741 e. The lowest BCUT2D eigenvalue weighted by atomic mass is 10.1. The number of aromatic nitrogens is 12. The molecule has 8 rings (SSSR count). The molecule has 8 aromatic heterocycles. The molecule has 8 heterocycles. The Morgan fingerprint density at radius 2 is 0.670 bits per heavy atom. The van der Waals surface area contributed by atoms with Crippen LogP contribution in [0.4, 0.5) is 26.3 Å². The smallest absolute Gasteiger partial charge is 0.485 e. The molecule has 0 fully saturated rings. The van der Waals surface area contributed by atoms with E-state index in [2.05, 4.69) is 233 Å². The fraction of sp³-hybridized carbons (Fsp3) is 0.484. The molecular weight excluding hydrogens is 1260 g/mol. The Morgan fingerprint density at radius 3 is 0.846 bits per heavy atom. The lowest BCUT2D eigenvalue weighted by Gasteiger charge is -2.24. The summed E-state index contributed by atoms with van der Waals surface area (Å²) in [6.45, 7) is 41.3. The number of halogens is 6. The van der Waals surface area contributed by atoms with Crippen molar-refractivity contribution in [1.29, 1.82) is 0 Å². The number of pyridine rings is 4. The van der Waals surface area contributed by atoms with E-state index in [1.807, 2.05) is 50.5 Å². The van der Waals surface area contributed by atoms with E-state index in [9.17, 15) is 26.3 Å². The Labute approximate surface area is 534 Å². The number of nitrogens with zero attached hydrogens (tertiary/aromatic N) is 12. The Bertz CT molecular complexity index is 3420. The van der Waals surface area contributed by atoms with E-state index in [0.29, 0.717) is 47.3 Å². The number of hydrogen-bond donors (Lipinski definition) is 0. The van der Waals surface area contributed by atoms with Gasteiger partial charge in [-0.3, -0.25) is 0 Å². The summed E-state index contributed by atoms with van der Waals surface area (Å²) in [5.74, 6) is 4.47. The molecule has 0 amide bonds. The third-order valence-electron chi connectivity index (χ3n) is 13.3. The first kappa shape index (κ1) is 77.1. The van der Waals surface area contributed by atoms with E-state index in [1.165, 1.54) is 22.8 Å². The predicted molar refractivity (Wildman–Crippen MR) is 342 cm³/mol. The second kappa shape index (κ2) is 33.5. The van der Waals surface area contributed by atoms with Gasteiger partial charge in [0.05, 0.1) is 35.2 Å². The maximum Gasteiger partial charge on any atom is 0.485 e. The second-order valence-electron chi connectivity index (χ2n) is 23.2. The van der Waals surface area contributed by atoms with E-state index in [4.69, 9.17) is 51.1 Å². The summed E-state index contributed by atoms with van der Waals surface area (Å²) in [5.41, 5.74) is 0.337. The highest BCUT2D eigenvalue weighted by molar-refractivity contribution is 7.86. The molecule has 0 aliphatic heterocycles. The molecule has 0 aliphatic rings. The van der Waals surface area contributed by atoms with Crippen molar-refractivity contribution in [3.63, 3.8) is 0 Å². The minimum Gasteiger partial charge on any atom is -0.741 e. The standard InChI is InChI=1S/2C28H38N6P.C4H10O.2CHF3O3S/c2*1-19(2)23-17-25(21(5)6)33(30-23)35(34-26(22(7)8)18-24(31-34)20(3)4)28-14-10-12-16-32(28)27-13-9-11-15-29-27;1-3-5-4-2;2*2-1(3,4)8(5,6)7/h2*9-22H,1-8H3;3-4H2,1-2H3;2*(H,5,6,7)/q2*+1;;;/p-2. The quantitative estimate of drug-likeness (QED) is 0.0256. The summed E-state index contributed by atoms with van der Waals surface area (Å²) < 4.78 is 136. The van der Waals surface area contributed by atoms with Gasteiger partial charge in [0.15, 0.2) is 31.1 Å². The lowest BCUT2D eigenvalue weighted by Crippen LogP contribution is -2.48. The van der Waals surface area contributed by atoms with Gasteiger partial charge in [0, 0.05) is 48.1 Å². The Hall–Kier alpha value is -6.34. The van der Waals surface area contributed by atoms with Crippen molar-refractivity contribution < 1.29 is 66.2 Å². The highest BCUT2D eigenvalue weighted by atomic mass is 32.2. The molecule has 8 aromatic rings. The topological polar surface area (TPSA) is 228 Å². The van der Waals surface area contributed by atoms with E-state index < -0.39 is 47.7 Å². The maximum atomic E-state index is 10.7. The molecule has 0 radical (unpaired) electrons. The van der Waals surface area contributed by atoms with Crippen molar-refractivity contribution in [2.45, 2.75) is 183 Å². The number of alkyl halides is 6. The van der Waals surface area contributed by atoms with E-state index in [1.54, 1.807) is 0 Å². The first-order valence-electron chi connectivity index (χ1n) is 29.8. The van der Waals surface area contributed by atoms with Gasteiger partial charge in [-0.15, -0.1) is 0 Å². The van der Waals surface area contributed by atoms with Gasteiger partial charge in [0.2, 0.25) is 16.4 Å². The van der Waals surface area contributed by atoms with Crippen molar-refractivity contribution in [3.05, 3.63) is 167 Å². The van der Waals surface area contributed by atoms with Crippen LogP contribution in [0.2, 0.25) is 0 Å². The molecule has 29 heteroatoms. The number of hydrogen-bond acceptors (Lipinski definition) is 13. The van der Waals surface area contributed by atoms with E-state index in [-0.39, 0.29) is 0 Å². The molecule has 0 saturated heterocycles. The van der Waals surface area contributed by atoms with Crippen LogP contribution in [-0.2, 0) is 25.0 Å². The molecule has 0 aromatic carbocycles. The zero-order valence-electron chi connectivity index (χ0n) is 54.8. The van der Waals surface area contributed by atoms with Gasteiger partial charge in [-0.2, -0.15) is 55.9 Å². The van der Waals surface area contributed by atoms with Crippen molar-refractivity contribution in [2.24, 2.45) is 0 Å². The molecule has 500 valence electrons. The average Bonchev–Trinajstić information content (AvgIpc) is 1.69. The normalized spacial score (nSPS) is 12.3. The molecule has 0 N–H and O–H groups in total. The van der Waals surface area contributed by atoms with Gasteiger partial charge in [0.1, 0.15) is 12.4 Å². The van der Waals surface area contributed by atoms with E-state index >= 15 is 0 Å². The van der Waals surface area contributed by atoms with Gasteiger partial charge in [-0.1, -0.05) is 135 Å². The van der Waals surface area contributed by atoms with Gasteiger partial charge >= 0.3 is 22.7 Å². The maximum absolute atomic E-state index is 10.7. The molecule has 0 saturated carbocycles. The van der Waals surface area contributed by atoms with Crippen molar-refractivity contribution >= 4 is 47.6 Å². The molecule has 0 unspecified atom stereocenters. The number of ether oxygens (including phenoxy) is 1. The highest BCUT2D eigenvalue weighted by Gasteiger charge is 2.39. The summed E-state index contributed by atoms with van der Waals surface area (Å²) in [6, 6.07) is 33.9. The van der Waals surface area contributed by atoms with Crippen LogP contribution in [-0.4, -0.2) is 98.3 Å². The second-order valence-corrected chi connectivity index (χ2v) is 29.5. The van der Waals surface area contributed by atoms with Gasteiger partial charge in [0.25, 0.3) is 0 Å². The average molecular weight is 1350 g/mol. The van der Waals surface area contributed by atoms with Crippen LogP contribution in [0.25, 0.3) is 11.6 Å². The van der Waals surface area contributed by atoms with Crippen molar-refractivity contribution in [1.82, 2.24) is 48.2 Å². The van der Waals surface area contributed by atoms with Crippen molar-refractivity contribution in [3.8, 4) is 11.6 Å². The zero-order chi connectivity index (χ0) is 68.7. The fourth-order valence-electron chi connectivity index (χ4n) is 8.27. The minimum atomic E-state index is -6.09. The Kier molecular flexibility index (Phi) is 28.4. The molecule has 0 bridgehead atoms. The molecule has 0 spiro atoms. The Balaban J connectivity index is 0.000000296. The van der Waals surface area contributed by atoms with Gasteiger partial charge < -0.3 is 13.8 Å². The van der Waals surface area contributed by atoms with Gasteiger partial charge in [-0.05, 0) is 132 Å². The van der Waals surface area contributed by atoms with Crippen LogP contribution in [0.15, 0.2) is 122 Å². The number of rotatable bonds is 18. The summed E-state index contributed by atoms with van der Waals surface area (Å²) >= 11 is 0. The molecular formula is C62H86F6N12O7P2S2. The predicted octanol–water partition coefficient (Wildman–Crippen LogP) is 13.7. The zero-order valence-corrected chi connectivity index (χ0v) is 58.2. The Morgan fingerprint density at radius 1 is 0.429 bits per heavy atom. The minimum absolute atomic E-state index is 0.328.